The molecular weight excluding hydrogens is 392 g/mol. The number of hydrogen-bond acceptors (Lipinski definition) is 3. The molecule has 0 aliphatic carbocycles. The first-order valence-electron chi connectivity index (χ1n) is 12.2. The Bertz CT molecular complexity index is 689. The largest absolute Gasteiger partial charge is 0.381 e. The molecule has 1 fully saturated rings. The van der Waals surface area contributed by atoms with Crippen molar-refractivity contribution in [3.05, 3.63) is 67.0 Å². The zero-order valence-corrected chi connectivity index (χ0v) is 22.2. The minimum Gasteiger partial charge on any atom is -0.381 e. The molecule has 3 nitrogen and oxygen atoms in total. The molecule has 1 aliphatic rings. The Morgan fingerprint density at radius 3 is 2.06 bits per heavy atom. The molecule has 32 heavy (non-hydrogen) atoms. The number of rotatable bonds is 2. The van der Waals surface area contributed by atoms with E-state index in [0.717, 1.165) is 41.9 Å². The average Bonchev–Trinajstić information content (AvgIpc) is 2.90. The van der Waals surface area contributed by atoms with Crippen molar-refractivity contribution in [3.8, 4) is 17.2 Å². The summed E-state index contributed by atoms with van der Waals surface area (Å²) in [5.41, 5.74) is 3.58. The van der Waals surface area contributed by atoms with Crippen LogP contribution in [0.25, 0.3) is 11.1 Å². The molecular formula is C29H48N2O. The Morgan fingerprint density at radius 1 is 1.03 bits per heavy atom. The molecule has 0 N–H and O–H groups in total. The first-order chi connectivity index (χ1) is 15.7. The highest BCUT2D eigenvalue weighted by atomic mass is 16.5. The first kappa shape index (κ1) is 34.2. The SMILES string of the molecule is C=C.CC.CC.CC.CCC1CCOC[C@@H]1C.Cc1ccc(-c2ccccc2C#N)cn1. The molecule has 1 aliphatic heterocycles. The summed E-state index contributed by atoms with van der Waals surface area (Å²) in [6, 6.07) is 13.7. The van der Waals surface area contributed by atoms with Crippen LogP contribution in [0.5, 0.6) is 0 Å². The number of hydrogen-bond donors (Lipinski definition) is 0. The minimum atomic E-state index is 0.683. The van der Waals surface area contributed by atoms with Crippen LogP contribution in [-0.2, 0) is 4.74 Å². The summed E-state index contributed by atoms with van der Waals surface area (Å²) in [7, 11) is 0. The molecule has 2 aromatic rings. The van der Waals surface area contributed by atoms with Gasteiger partial charge >= 0.3 is 0 Å². The van der Waals surface area contributed by atoms with Gasteiger partial charge in [0.25, 0.3) is 0 Å². The van der Waals surface area contributed by atoms with Gasteiger partial charge in [-0.2, -0.15) is 5.26 Å². The Kier molecular flexibility index (Phi) is 26.5. The van der Waals surface area contributed by atoms with Crippen molar-refractivity contribution in [2.24, 2.45) is 11.8 Å². The second-order valence-corrected chi connectivity index (χ2v) is 6.35. The van der Waals surface area contributed by atoms with Crippen molar-refractivity contribution < 1.29 is 4.74 Å². The maximum Gasteiger partial charge on any atom is 0.0998 e. The fourth-order valence-electron chi connectivity index (χ4n) is 2.99. The summed E-state index contributed by atoms with van der Waals surface area (Å²) in [5.74, 6) is 1.72. The number of nitriles is 1. The van der Waals surface area contributed by atoms with Crippen LogP contribution in [-0.4, -0.2) is 18.2 Å². The van der Waals surface area contributed by atoms with Crippen LogP contribution in [0.1, 0.15) is 79.5 Å². The Hall–Kier alpha value is -2.44. The van der Waals surface area contributed by atoms with Gasteiger partial charge in [0.2, 0.25) is 0 Å². The van der Waals surface area contributed by atoms with Crippen molar-refractivity contribution in [3.63, 3.8) is 0 Å². The van der Waals surface area contributed by atoms with E-state index < -0.39 is 0 Å². The normalized spacial score (nSPS) is 15.5. The van der Waals surface area contributed by atoms with E-state index in [1.807, 2.05) is 84.9 Å². The van der Waals surface area contributed by atoms with Crippen molar-refractivity contribution >= 4 is 0 Å². The van der Waals surface area contributed by atoms with Gasteiger partial charge in [0, 0.05) is 36.2 Å². The molecule has 0 spiro atoms. The lowest BCUT2D eigenvalue weighted by atomic mass is 9.88. The van der Waals surface area contributed by atoms with Crippen LogP contribution in [0.2, 0.25) is 0 Å². The molecule has 2 heterocycles. The summed E-state index contributed by atoms with van der Waals surface area (Å²) in [6.45, 7) is 26.5. The van der Waals surface area contributed by atoms with Gasteiger partial charge in [0.1, 0.15) is 0 Å². The quantitative estimate of drug-likeness (QED) is 0.438. The van der Waals surface area contributed by atoms with Gasteiger partial charge in [-0.1, -0.05) is 86.1 Å². The summed E-state index contributed by atoms with van der Waals surface area (Å²) in [5, 5.41) is 8.96. The van der Waals surface area contributed by atoms with Crippen LogP contribution in [0.15, 0.2) is 55.8 Å². The number of pyridine rings is 1. The summed E-state index contributed by atoms with van der Waals surface area (Å²) in [4.78, 5) is 4.22. The average molecular weight is 441 g/mol. The zero-order chi connectivity index (χ0) is 25.4. The summed E-state index contributed by atoms with van der Waals surface area (Å²) >= 11 is 0. The van der Waals surface area contributed by atoms with E-state index in [2.05, 4.69) is 38.1 Å². The number of benzene rings is 1. The number of aryl methyl sites for hydroxylation is 1. The van der Waals surface area contributed by atoms with Gasteiger partial charge in [-0.15, -0.1) is 13.2 Å². The van der Waals surface area contributed by atoms with E-state index in [-0.39, 0.29) is 0 Å². The van der Waals surface area contributed by atoms with E-state index in [9.17, 15) is 0 Å². The third-order valence-corrected chi connectivity index (χ3v) is 4.61. The molecule has 1 saturated heterocycles. The number of ether oxygens (including phenoxy) is 1. The Labute approximate surface area is 199 Å². The van der Waals surface area contributed by atoms with Gasteiger partial charge in [0.05, 0.1) is 11.6 Å². The molecule has 1 aromatic heterocycles. The van der Waals surface area contributed by atoms with Gasteiger partial charge in [-0.05, 0) is 37.3 Å². The lowest BCUT2D eigenvalue weighted by molar-refractivity contribution is 0.0232. The van der Waals surface area contributed by atoms with Gasteiger partial charge in [-0.3, -0.25) is 4.98 Å². The van der Waals surface area contributed by atoms with Crippen LogP contribution < -0.4 is 0 Å². The van der Waals surface area contributed by atoms with Gasteiger partial charge in [-0.25, -0.2) is 0 Å². The Morgan fingerprint density at radius 2 is 1.62 bits per heavy atom. The molecule has 3 heteroatoms. The molecule has 3 rings (SSSR count). The molecule has 2 atom stereocenters. The fraction of sp³-hybridized carbons (Fsp3) is 0.517. The first-order valence-corrected chi connectivity index (χ1v) is 12.2. The lowest BCUT2D eigenvalue weighted by Crippen LogP contribution is -2.24. The molecule has 1 unspecified atom stereocenters. The standard InChI is InChI=1S/C13H10N2.C8H16O.3C2H6.C2H4/c1-10-6-7-12(9-15-10)13-5-3-2-4-11(13)8-14;1-3-8-4-5-9-6-7(8)2;4*1-2/h2-7,9H,1H3;7-8H,3-6H2,1-2H3;3*1-2H3;1-2H2/t;7-,8?;;;;/m.0..../s1. The smallest absolute Gasteiger partial charge is 0.0998 e. The highest BCUT2D eigenvalue weighted by molar-refractivity contribution is 5.69. The lowest BCUT2D eigenvalue weighted by Gasteiger charge is -2.27. The summed E-state index contributed by atoms with van der Waals surface area (Å²) < 4.78 is 5.31. The maximum absolute atomic E-state index is 8.96. The molecule has 180 valence electrons. The minimum absolute atomic E-state index is 0.683. The maximum atomic E-state index is 8.96. The number of aromatic nitrogens is 1. The van der Waals surface area contributed by atoms with E-state index in [1.165, 1.54) is 12.8 Å². The van der Waals surface area contributed by atoms with E-state index in [1.54, 1.807) is 6.20 Å². The van der Waals surface area contributed by atoms with E-state index in [0.29, 0.717) is 5.56 Å². The summed E-state index contributed by atoms with van der Waals surface area (Å²) in [6.07, 6.45) is 4.40. The predicted molar refractivity (Wildman–Crippen MR) is 143 cm³/mol. The second kappa shape index (κ2) is 24.8. The molecule has 1 aromatic carbocycles. The molecule has 0 bridgehead atoms. The van der Waals surface area contributed by atoms with E-state index in [4.69, 9.17) is 10.00 Å². The van der Waals surface area contributed by atoms with Crippen LogP contribution in [0.3, 0.4) is 0 Å². The fourth-order valence-corrected chi connectivity index (χ4v) is 2.99. The van der Waals surface area contributed by atoms with Crippen LogP contribution in [0.4, 0.5) is 0 Å². The highest BCUT2D eigenvalue weighted by Gasteiger charge is 2.19. The monoisotopic (exact) mass is 440 g/mol. The van der Waals surface area contributed by atoms with Crippen molar-refractivity contribution in [2.75, 3.05) is 13.2 Å². The third-order valence-electron chi connectivity index (χ3n) is 4.61. The second-order valence-electron chi connectivity index (χ2n) is 6.35. The highest BCUT2D eigenvalue weighted by Crippen LogP contribution is 2.23. The number of nitrogens with zero attached hydrogens (tertiary/aromatic N) is 2. The molecule has 0 radical (unpaired) electrons. The van der Waals surface area contributed by atoms with Crippen molar-refractivity contribution in [2.45, 2.75) is 75.2 Å². The third kappa shape index (κ3) is 13.8. The topological polar surface area (TPSA) is 45.9 Å². The van der Waals surface area contributed by atoms with Crippen LogP contribution >= 0.6 is 0 Å². The van der Waals surface area contributed by atoms with Crippen LogP contribution in [0, 0.1) is 30.1 Å². The Balaban J connectivity index is -0.000000425. The predicted octanol–water partition coefficient (Wildman–Crippen LogP) is 8.88. The zero-order valence-electron chi connectivity index (χ0n) is 22.2. The van der Waals surface area contributed by atoms with Gasteiger partial charge < -0.3 is 4.74 Å². The van der Waals surface area contributed by atoms with Gasteiger partial charge in [0.15, 0.2) is 0 Å². The molecule has 0 amide bonds. The van der Waals surface area contributed by atoms with E-state index >= 15 is 0 Å². The van der Waals surface area contributed by atoms with Crippen molar-refractivity contribution in [1.82, 2.24) is 4.98 Å². The van der Waals surface area contributed by atoms with Crippen molar-refractivity contribution in [1.29, 1.82) is 5.26 Å². The molecule has 0 saturated carbocycles.